The van der Waals surface area contributed by atoms with Crippen molar-refractivity contribution in [1.29, 1.82) is 0 Å². The third-order valence-corrected chi connectivity index (χ3v) is 6.75. The van der Waals surface area contributed by atoms with Crippen molar-refractivity contribution in [2.45, 2.75) is 44.6 Å². The Morgan fingerprint density at radius 3 is 2.21 bits per heavy atom. The number of ether oxygens (including phenoxy) is 1. The van der Waals surface area contributed by atoms with Gasteiger partial charge >= 0.3 is 12.1 Å². The highest BCUT2D eigenvalue weighted by Crippen LogP contribution is 2.44. The normalized spacial score (nSPS) is 19.3. The van der Waals surface area contributed by atoms with E-state index in [-0.39, 0.29) is 31.0 Å². The highest BCUT2D eigenvalue weighted by Gasteiger charge is 2.36. The maximum absolute atomic E-state index is 13.0. The van der Waals surface area contributed by atoms with E-state index in [1.54, 1.807) is 6.92 Å². The molecule has 4 rings (SSSR count). The number of aliphatic carboxylic acids is 1. The number of amides is 2. The van der Waals surface area contributed by atoms with Crippen LogP contribution in [0.1, 0.15) is 49.7 Å². The van der Waals surface area contributed by atoms with Crippen LogP contribution in [-0.2, 0) is 14.3 Å². The zero-order chi connectivity index (χ0) is 23.4. The van der Waals surface area contributed by atoms with Crippen molar-refractivity contribution in [3.63, 3.8) is 0 Å². The summed E-state index contributed by atoms with van der Waals surface area (Å²) >= 11 is 0. The van der Waals surface area contributed by atoms with Crippen LogP contribution in [0.3, 0.4) is 0 Å². The molecule has 2 atom stereocenters. The van der Waals surface area contributed by atoms with Gasteiger partial charge in [-0.3, -0.25) is 9.59 Å². The van der Waals surface area contributed by atoms with Gasteiger partial charge in [0.15, 0.2) is 0 Å². The Bertz CT molecular complexity index is 991. The van der Waals surface area contributed by atoms with Crippen LogP contribution in [0.15, 0.2) is 48.5 Å². The highest BCUT2D eigenvalue weighted by molar-refractivity contribution is 5.84. The molecule has 0 aromatic heterocycles. The van der Waals surface area contributed by atoms with Crippen LogP contribution in [0.25, 0.3) is 11.1 Å². The topological polar surface area (TPSA) is 95.9 Å². The first kappa shape index (κ1) is 22.8. The van der Waals surface area contributed by atoms with E-state index in [0.29, 0.717) is 19.4 Å². The third kappa shape index (κ3) is 4.87. The number of carboxylic acids is 1. The van der Waals surface area contributed by atoms with Crippen molar-refractivity contribution in [1.82, 2.24) is 10.2 Å². The fourth-order valence-electron chi connectivity index (χ4n) is 5.13. The molecule has 0 spiro atoms. The molecule has 1 saturated carbocycles. The Balaban J connectivity index is 1.41. The van der Waals surface area contributed by atoms with Gasteiger partial charge in [0.2, 0.25) is 5.91 Å². The van der Waals surface area contributed by atoms with E-state index in [9.17, 15) is 14.4 Å². The number of rotatable bonds is 7. The molecule has 2 aliphatic carbocycles. The molecular weight excluding hydrogens is 420 g/mol. The molecule has 7 nitrogen and oxygen atoms in total. The van der Waals surface area contributed by atoms with Gasteiger partial charge in [0.1, 0.15) is 13.2 Å². The van der Waals surface area contributed by atoms with Crippen LogP contribution in [0.2, 0.25) is 0 Å². The van der Waals surface area contributed by atoms with Crippen molar-refractivity contribution >= 4 is 18.0 Å². The van der Waals surface area contributed by atoms with Crippen molar-refractivity contribution in [2.24, 2.45) is 5.92 Å². The summed E-state index contributed by atoms with van der Waals surface area (Å²) in [4.78, 5) is 38.1. The maximum Gasteiger partial charge on any atom is 0.407 e. The number of alkyl carbamates (subject to hydrolysis) is 1. The summed E-state index contributed by atoms with van der Waals surface area (Å²) in [7, 11) is 0. The molecular formula is C26H30N2O5. The fraction of sp³-hybridized carbons (Fsp3) is 0.423. The van der Waals surface area contributed by atoms with E-state index in [2.05, 4.69) is 29.6 Å². The van der Waals surface area contributed by atoms with Crippen molar-refractivity contribution in [3.05, 3.63) is 59.7 Å². The molecule has 0 bridgehead atoms. The zero-order valence-corrected chi connectivity index (χ0v) is 18.8. The first-order valence-electron chi connectivity index (χ1n) is 11.6. The van der Waals surface area contributed by atoms with Crippen molar-refractivity contribution < 1.29 is 24.2 Å². The lowest BCUT2D eigenvalue weighted by Crippen LogP contribution is -2.50. The van der Waals surface area contributed by atoms with Crippen LogP contribution in [-0.4, -0.2) is 53.7 Å². The number of carbonyl (C=O) groups is 3. The number of likely N-dealkylation sites (N-methyl/N-ethyl adjacent to an activating group) is 1. The van der Waals surface area contributed by atoms with Crippen LogP contribution >= 0.6 is 0 Å². The number of benzene rings is 2. The molecule has 0 aliphatic heterocycles. The number of nitrogens with one attached hydrogen (secondary N) is 1. The molecule has 2 amide bonds. The van der Waals surface area contributed by atoms with Crippen LogP contribution < -0.4 is 5.32 Å². The first-order valence-corrected chi connectivity index (χ1v) is 11.6. The van der Waals surface area contributed by atoms with E-state index in [4.69, 9.17) is 9.84 Å². The summed E-state index contributed by atoms with van der Waals surface area (Å²) in [6.07, 6.45) is 2.55. The number of fused-ring (bicyclic) bond motifs is 3. The molecule has 33 heavy (non-hydrogen) atoms. The molecule has 0 saturated heterocycles. The Morgan fingerprint density at radius 1 is 1.00 bits per heavy atom. The minimum atomic E-state index is -1.04. The van der Waals surface area contributed by atoms with Gasteiger partial charge in [-0.1, -0.05) is 61.4 Å². The Kier molecular flexibility index (Phi) is 6.96. The first-order chi connectivity index (χ1) is 16.0. The van der Waals surface area contributed by atoms with E-state index in [1.807, 2.05) is 24.3 Å². The van der Waals surface area contributed by atoms with Gasteiger partial charge in [-0.2, -0.15) is 0 Å². The third-order valence-electron chi connectivity index (χ3n) is 6.75. The molecule has 7 heteroatoms. The van der Waals surface area contributed by atoms with Gasteiger partial charge in [0, 0.05) is 18.5 Å². The minimum absolute atomic E-state index is 0.0296. The Morgan fingerprint density at radius 2 is 1.61 bits per heavy atom. The van der Waals surface area contributed by atoms with Crippen LogP contribution in [0.4, 0.5) is 4.79 Å². The molecule has 2 unspecified atom stereocenters. The highest BCUT2D eigenvalue weighted by atomic mass is 16.5. The van der Waals surface area contributed by atoms with Gasteiger partial charge < -0.3 is 20.1 Å². The van der Waals surface area contributed by atoms with E-state index in [1.165, 1.54) is 4.90 Å². The molecule has 0 radical (unpaired) electrons. The Labute approximate surface area is 193 Å². The number of hydrogen-bond acceptors (Lipinski definition) is 4. The molecule has 174 valence electrons. The smallest absolute Gasteiger partial charge is 0.407 e. The molecule has 1 fully saturated rings. The van der Waals surface area contributed by atoms with Gasteiger partial charge in [-0.05, 0) is 42.0 Å². The summed E-state index contributed by atoms with van der Waals surface area (Å²) in [5.74, 6) is -1.72. The van der Waals surface area contributed by atoms with Gasteiger partial charge in [0.25, 0.3) is 0 Å². The summed E-state index contributed by atoms with van der Waals surface area (Å²) in [5, 5.41) is 12.0. The van der Waals surface area contributed by atoms with Crippen LogP contribution in [0.5, 0.6) is 0 Å². The van der Waals surface area contributed by atoms with E-state index in [0.717, 1.165) is 35.1 Å². The molecule has 2 aliphatic rings. The monoisotopic (exact) mass is 450 g/mol. The lowest BCUT2D eigenvalue weighted by Gasteiger charge is -2.34. The maximum atomic E-state index is 13.0. The largest absolute Gasteiger partial charge is 0.480 e. The van der Waals surface area contributed by atoms with Gasteiger partial charge in [0.05, 0.1) is 5.92 Å². The van der Waals surface area contributed by atoms with Gasteiger partial charge in [-0.15, -0.1) is 0 Å². The van der Waals surface area contributed by atoms with E-state index < -0.39 is 18.0 Å². The second-order valence-corrected chi connectivity index (χ2v) is 8.71. The summed E-state index contributed by atoms with van der Waals surface area (Å²) < 4.78 is 5.65. The average Bonchev–Trinajstić information content (AvgIpc) is 3.15. The number of nitrogens with zero attached hydrogens (tertiary/aromatic N) is 1. The number of carbonyl (C=O) groups excluding carboxylic acids is 2. The summed E-state index contributed by atoms with van der Waals surface area (Å²) in [5.41, 5.74) is 4.62. The lowest BCUT2D eigenvalue weighted by atomic mass is 9.83. The summed E-state index contributed by atoms with van der Waals surface area (Å²) in [6.45, 7) is 1.96. The van der Waals surface area contributed by atoms with E-state index >= 15 is 0 Å². The number of carboxylic acid groups (broad SMARTS) is 1. The van der Waals surface area contributed by atoms with Gasteiger partial charge in [-0.25, -0.2) is 4.79 Å². The SMILES string of the molecule is CCN(CC(=O)O)C(=O)C1CCCCC1NC(=O)OCC1c2ccccc2-c2ccccc21. The minimum Gasteiger partial charge on any atom is -0.480 e. The quantitative estimate of drug-likeness (QED) is 0.664. The molecule has 2 N–H and O–H groups in total. The molecule has 2 aromatic rings. The molecule has 0 heterocycles. The second-order valence-electron chi connectivity index (χ2n) is 8.71. The van der Waals surface area contributed by atoms with Crippen LogP contribution in [0, 0.1) is 5.92 Å². The fourth-order valence-corrected chi connectivity index (χ4v) is 5.13. The molecule has 2 aromatic carbocycles. The predicted octanol–water partition coefficient (Wildman–Crippen LogP) is 4.02. The zero-order valence-electron chi connectivity index (χ0n) is 18.8. The van der Waals surface area contributed by atoms with Crippen molar-refractivity contribution in [2.75, 3.05) is 19.7 Å². The van der Waals surface area contributed by atoms with Crippen molar-refractivity contribution in [3.8, 4) is 11.1 Å². The standard InChI is InChI=1S/C26H30N2O5/c1-2-28(15-24(29)30)25(31)21-13-7-8-14-23(21)27-26(32)33-16-22-19-11-5-3-9-17(19)18-10-4-6-12-20(18)22/h3-6,9-12,21-23H,2,7-8,13-16H2,1H3,(H,27,32)(H,29,30). The lowest BCUT2D eigenvalue weighted by molar-refractivity contribution is -0.147. The predicted molar refractivity (Wildman–Crippen MR) is 124 cm³/mol. The average molecular weight is 451 g/mol. The second kappa shape index (κ2) is 10.1. The summed E-state index contributed by atoms with van der Waals surface area (Å²) in [6, 6.07) is 16.0. The Hall–Kier alpha value is -3.35. The number of hydrogen-bond donors (Lipinski definition) is 2.